The van der Waals surface area contributed by atoms with Crippen LogP contribution < -0.4 is 5.43 Å². The van der Waals surface area contributed by atoms with Gasteiger partial charge in [-0.25, -0.2) is 0 Å². The van der Waals surface area contributed by atoms with Crippen LogP contribution in [0.1, 0.15) is 43.2 Å². The molecule has 0 aliphatic carbocycles. The summed E-state index contributed by atoms with van der Waals surface area (Å²) in [4.78, 5) is 28.1. The van der Waals surface area contributed by atoms with Gasteiger partial charge in [0.25, 0.3) is 5.91 Å². The van der Waals surface area contributed by atoms with Gasteiger partial charge in [0, 0.05) is 39.0 Å². The Morgan fingerprint density at radius 1 is 1.07 bits per heavy atom. The van der Waals surface area contributed by atoms with E-state index in [1.807, 2.05) is 0 Å². The maximum absolute atomic E-state index is 13.3. The zero-order valence-electron chi connectivity index (χ0n) is 16.8. The van der Waals surface area contributed by atoms with Crippen LogP contribution in [0.4, 0.5) is 13.2 Å². The number of nitrogens with one attached hydrogen (secondary N) is 1. The first-order valence-electron chi connectivity index (χ1n) is 10.3. The number of likely N-dealkylation sites (tertiary alicyclic amines) is 2. The van der Waals surface area contributed by atoms with Crippen LogP contribution in [0, 0.1) is 5.92 Å². The fourth-order valence-corrected chi connectivity index (χ4v) is 4.80. The van der Waals surface area contributed by atoms with Crippen molar-refractivity contribution in [2.75, 3.05) is 26.2 Å². The lowest BCUT2D eigenvalue weighted by molar-refractivity contribution is -0.138. The minimum atomic E-state index is -4.38. The number of nitrogens with zero attached hydrogens (tertiary/aromatic N) is 3. The van der Waals surface area contributed by atoms with Gasteiger partial charge in [-0.1, -0.05) is 18.2 Å². The molecule has 9 heteroatoms. The van der Waals surface area contributed by atoms with E-state index in [0.717, 1.165) is 6.07 Å². The van der Waals surface area contributed by atoms with E-state index in [9.17, 15) is 22.8 Å². The summed E-state index contributed by atoms with van der Waals surface area (Å²) < 4.78 is 40.0. The van der Waals surface area contributed by atoms with Gasteiger partial charge in [-0.3, -0.25) is 9.59 Å². The van der Waals surface area contributed by atoms with Gasteiger partial charge < -0.3 is 15.2 Å². The van der Waals surface area contributed by atoms with E-state index in [0.29, 0.717) is 56.7 Å². The van der Waals surface area contributed by atoms with Crippen molar-refractivity contribution in [1.82, 2.24) is 15.2 Å². The molecular weight excluding hydrogens is 397 g/mol. The third-order valence-electron chi connectivity index (χ3n) is 6.47. The number of hydrogen-bond donors (Lipinski definition) is 1. The zero-order chi connectivity index (χ0) is 21.5. The first kappa shape index (κ1) is 20.7. The summed E-state index contributed by atoms with van der Waals surface area (Å²) in [6.07, 6.45) is -2.72. The summed E-state index contributed by atoms with van der Waals surface area (Å²) in [5, 5.41) is 4.26. The molecule has 3 aliphatic rings. The molecule has 0 spiro atoms. The van der Waals surface area contributed by atoms with Gasteiger partial charge in [0.2, 0.25) is 5.91 Å². The van der Waals surface area contributed by atoms with Crippen molar-refractivity contribution in [2.45, 2.75) is 44.3 Å². The summed E-state index contributed by atoms with van der Waals surface area (Å²) in [7, 11) is 0. The van der Waals surface area contributed by atoms with Crippen molar-refractivity contribution >= 4 is 17.5 Å². The molecule has 162 valence electrons. The van der Waals surface area contributed by atoms with E-state index in [1.165, 1.54) is 13.0 Å². The van der Waals surface area contributed by atoms with Crippen LogP contribution in [0.2, 0.25) is 0 Å². The molecule has 2 amide bonds. The van der Waals surface area contributed by atoms with Crippen molar-refractivity contribution in [2.24, 2.45) is 11.0 Å². The third kappa shape index (κ3) is 3.89. The van der Waals surface area contributed by atoms with Gasteiger partial charge in [-0.2, -0.15) is 18.3 Å². The van der Waals surface area contributed by atoms with Crippen molar-refractivity contribution < 1.29 is 22.8 Å². The van der Waals surface area contributed by atoms with Crippen LogP contribution in [0.5, 0.6) is 0 Å². The molecule has 0 radical (unpaired) electrons. The molecule has 6 nitrogen and oxygen atoms in total. The molecular formula is C21H25F3N4O2. The van der Waals surface area contributed by atoms with E-state index in [1.54, 1.807) is 21.9 Å². The molecule has 2 atom stereocenters. The second-order valence-corrected chi connectivity index (χ2v) is 8.24. The van der Waals surface area contributed by atoms with Crippen LogP contribution in [0.15, 0.2) is 29.4 Å². The molecule has 30 heavy (non-hydrogen) atoms. The normalized spacial score (nSPS) is 24.9. The van der Waals surface area contributed by atoms with Crippen LogP contribution >= 0.6 is 0 Å². The van der Waals surface area contributed by atoms with Crippen LogP contribution in [0.25, 0.3) is 0 Å². The highest BCUT2D eigenvalue weighted by molar-refractivity contribution is 6.40. The van der Waals surface area contributed by atoms with Crippen LogP contribution in [-0.2, 0) is 15.8 Å². The number of benzene rings is 1. The predicted octanol–water partition coefficient (Wildman–Crippen LogP) is 2.61. The molecule has 3 heterocycles. The molecule has 1 aromatic carbocycles. The fourth-order valence-electron chi connectivity index (χ4n) is 4.80. The van der Waals surface area contributed by atoms with Gasteiger partial charge in [0.05, 0.1) is 11.6 Å². The summed E-state index contributed by atoms with van der Waals surface area (Å²) in [5.41, 5.74) is 3.21. The summed E-state index contributed by atoms with van der Waals surface area (Å²) >= 11 is 0. The van der Waals surface area contributed by atoms with E-state index in [-0.39, 0.29) is 29.7 Å². The number of fused-ring (bicyclic) bond motifs is 1. The van der Waals surface area contributed by atoms with Gasteiger partial charge in [0.15, 0.2) is 0 Å². The molecule has 1 aromatic rings. The minimum absolute atomic E-state index is 0.0104. The van der Waals surface area contributed by atoms with Gasteiger partial charge in [-0.15, -0.1) is 0 Å². The Morgan fingerprint density at radius 2 is 1.73 bits per heavy atom. The Bertz CT molecular complexity index is 862. The number of hydrazone groups is 1. The van der Waals surface area contributed by atoms with E-state index < -0.39 is 11.7 Å². The number of alkyl halides is 3. The first-order chi connectivity index (χ1) is 14.3. The SMILES string of the molecule is CC(=O)N1CCC2C(C(=O)N3CCC(c4ccccc4C(F)(F)F)CC3)=NNC2C1. The molecule has 2 saturated heterocycles. The van der Waals surface area contributed by atoms with Crippen molar-refractivity contribution in [3.8, 4) is 0 Å². The van der Waals surface area contributed by atoms with Crippen molar-refractivity contribution in [3.63, 3.8) is 0 Å². The zero-order valence-corrected chi connectivity index (χ0v) is 16.8. The van der Waals surface area contributed by atoms with Crippen LogP contribution in [-0.4, -0.2) is 59.5 Å². The molecule has 2 unspecified atom stereocenters. The number of hydrogen-bond acceptors (Lipinski definition) is 4. The van der Waals surface area contributed by atoms with Crippen molar-refractivity contribution in [3.05, 3.63) is 35.4 Å². The van der Waals surface area contributed by atoms with Crippen LogP contribution in [0.3, 0.4) is 0 Å². The third-order valence-corrected chi connectivity index (χ3v) is 6.47. The number of rotatable bonds is 2. The molecule has 1 N–H and O–H groups in total. The number of halogens is 3. The standard InChI is InChI=1S/C21H25F3N4O2/c1-13(29)28-11-8-16-18(12-28)25-26-19(16)20(30)27-9-6-14(7-10-27)15-4-2-3-5-17(15)21(22,23)24/h2-5,14,16,18,25H,6-12H2,1H3. The highest BCUT2D eigenvalue weighted by atomic mass is 19.4. The Hall–Kier alpha value is -2.58. The average Bonchev–Trinajstić information content (AvgIpc) is 3.16. The number of carbonyl (C=O) groups is 2. The average molecular weight is 422 g/mol. The molecule has 0 bridgehead atoms. The lowest BCUT2D eigenvalue weighted by atomic mass is 9.85. The van der Waals surface area contributed by atoms with Crippen molar-refractivity contribution in [1.29, 1.82) is 0 Å². The lowest BCUT2D eigenvalue weighted by Gasteiger charge is -2.36. The molecule has 3 aliphatic heterocycles. The van der Waals surface area contributed by atoms with E-state index in [2.05, 4.69) is 10.5 Å². The van der Waals surface area contributed by atoms with E-state index in [4.69, 9.17) is 0 Å². The van der Waals surface area contributed by atoms with Gasteiger partial charge >= 0.3 is 6.18 Å². The van der Waals surface area contributed by atoms with Gasteiger partial charge in [-0.05, 0) is 36.8 Å². The highest BCUT2D eigenvalue weighted by Gasteiger charge is 2.42. The largest absolute Gasteiger partial charge is 0.416 e. The lowest BCUT2D eigenvalue weighted by Crippen LogP contribution is -2.51. The second kappa shape index (κ2) is 7.92. The number of piperidine rings is 2. The topological polar surface area (TPSA) is 65.0 Å². The summed E-state index contributed by atoms with van der Waals surface area (Å²) in [5.74, 6) is -0.385. The summed E-state index contributed by atoms with van der Waals surface area (Å²) in [6, 6.07) is 5.65. The fraction of sp³-hybridized carbons (Fsp3) is 0.571. The summed E-state index contributed by atoms with van der Waals surface area (Å²) in [6.45, 7) is 3.47. The van der Waals surface area contributed by atoms with Gasteiger partial charge in [0.1, 0.15) is 5.71 Å². The quantitative estimate of drug-likeness (QED) is 0.797. The molecule has 4 rings (SSSR count). The Balaban J connectivity index is 1.39. The Labute approximate surface area is 173 Å². The smallest absolute Gasteiger partial charge is 0.341 e. The highest BCUT2D eigenvalue weighted by Crippen LogP contribution is 2.38. The maximum atomic E-state index is 13.3. The molecule has 0 aromatic heterocycles. The molecule has 0 saturated carbocycles. The Morgan fingerprint density at radius 3 is 2.40 bits per heavy atom. The maximum Gasteiger partial charge on any atom is 0.416 e. The van der Waals surface area contributed by atoms with E-state index >= 15 is 0 Å². The molecule has 2 fully saturated rings. The minimum Gasteiger partial charge on any atom is -0.341 e. The number of carbonyl (C=O) groups excluding carboxylic acids is 2. The Kier molecular flexibility index (Phi) is 5.46. The monoisotopic (exact) mass is 422 g/mol. The first-order valence-corrected chi connectivity index (χ1v) is 10.3. The number of amides is 2. The second-order valence-electron chi connectivity index (χ2n) is 8.24. The predicted molar refractivity (Wildman–Crippen MR) is 105 cm³/mol.